The molecule has 2 atom stereocenters. The van der Waals surface area contributed by atoms with E-state index in [0.29, 0.717) is 19.0 Å². The minimum atomic E-state index is -0.973. The fourth-order valence-corrected chi connectivity index (χ4v) is 2.64. The number of thioether (sulfide) groups is 1. The highest BCUT2D eigenvalue weighted by atomic mass is 32.2. The molecule has 1 rings (SSSR count). The fourth-order valence-electron chi connectivity index (χ4n) is 1.93. The lowest BCUT2D eigenvalue weighted by atomic mass is 9.94. The van der Waals surface area contributed by atoms with Gasteiger partial charge in [0.25, 0.3) is 0 Å². The first-order valence-electron chi connectivity index (χ1n) is 6.32. The van der Waals surface area contributed by atoms with Gasteiger partial charge in [-0.1, -0.05) is 6.92 Å². The Balaban J connectivity index is 2.41. The van der Waals surface area contributed by atoms with Gasteiger partial charge in [-0.15, -0.1) is 0 Å². The van der Waals surface area contributed by atoms with E-state index in [1.165, 1.54) is 11.8 Å². The number of rotatable bonds is 7. The van der Waals surface area contributed by atoms with Gasteiger partial charge in [-0.2, -0.15) is 11.8 Å². The third-order valence-electron chi connectivity index (χ3n) is 2.83. The number of amides is 1. The molecular weight excluding hydrogens is 254 g/mol. The fraction of sp³-hybridized carbons (Fsp3) is 0.833. The Morgan fingerprint density at radius 3 is 2.89 bits per heavy atom. The predicted octanol–water partition coefficient (Wildman–Crippen LogP) is 1.13. The van der Waals surface area contributed by atoms with Crippen LogP contribution in [0.2, 0.25) is 0 Å². The number of carbonyl (C=O) groups excluding carboxylic acids is 1. The molecule has 6 heteroatoms. The van der Waals surface area contributed by atoms with Crippen LogP contribution in [0.4, 0.5) is 0 Å². The molecule has 0 saturated carbocycles. The molecule has 0 aliphatic carbocycles. The Morgan fingerprint density at radius 2 is 2.33 bits per heavy atom. The molecule has 0 bridgehead atoms. The first-order valence-corrected chi connectivity index (χ1v) is 7.48. The van der Waals surface area contributed by atoms with Crippen molar-refractivity contribution in [3.63, 3.8) is 0 Å². The smallest absolute Gasteiger partial charge is 0.326 e. The summed E-state index contributed by atoms with van der Waals surface area (Å²) in [7, 11) is 0. The summed E-state index contributed by atoms with van der Waals surface area (Å²) < 4.78 is 5.27. The van der Waals surface area contributed by atoms with Crippen LogP contribution in [0.1, 0.15) is 26.2 Å². The lowest BCUT2D eigenvalue weighted by Crippen LogP contribution is -2.49. The minimum Gasteiger partial charge on any atom is -0.480 e. The number of aliphatic carboxylic acids is 1. The molecular formula is C12H21NO4S. The van der Waals surface area contributed by atoms with Crippen molar-refractivity contribution >= 4 is 23.6 Å². The van der Waals surface area contributed by atoms with Gasteiger partial charge in [0.1, 0.15) is 6.04 Å². The summed E-state index contributed by atoms with van der Waals surface area (Å²) in [5.74, 6) is -0.0507. The van der Waals surface area contributed by atoms with Crippen LogP contribution in [0.25, 0.3) is 0 Å². The standard InChI is InChI=1S/C12H21NO4S/c1-2-6-18-8-10(14)13-11(12(15)16)9-4-3-5-17-7-9/h9,11H,2-8H2,1H3,(H,13,14)(H,15,16). The molecule has 1 aliphatic heterocycles. The highest BCUT2D eigenvalue weighted by Crippen LogP contribution is 2.18. The minimum absolute atomic E-state index is 0.114. The number of hydrogen-bond acceptors (Lipinski definition) is 4. The predicted molar refractivity (Wildman–Crippen MR) is 70.7 cm³/mol. The highest BCUT2D eigenvalue weighted by molar-refractivity contribution is 7.99. The lowest BCUT2D eigenvalue weighted by molar-refractivity contribution is -0.144. The van der Waals surface area contributed by atoms with Crippen LogP contribution < -0.4 is 5.32 Å². The van der Waals surface area contributed by atoms with E-state index in [9.17, 15) is 9.59 Å². The molecule has 0 spiro atoms. The average Bonchev–Trinajstić information content (AvgIpc) is 2.37. The van der Waals surface area contributed by atoms with Crippen LogP contribution >= 0.6 is 11.8 Å². The van der Waals surface area contributed by atoms with Crippen molar-refractivity contribution in [2.75, 3.05) is 24.7 Å². The molecule has 1 saturated heterocycles. The molecule has 1 aliphatic rings. The average molecular weight is 275 g/mol. The Morgan fingerprint density at radius 1 is 1.56 bits per heavy atom. The number of carboxylic acids is 1. The molecule has 0 aromatic rings. The second-order valence-electron chi connectivity index (χ2n) is 4.41. The summed E-state index contributed by atoms with van der Waals surface area (Å²) in [6, 6.07) is -0.819. The van der Waals surface area contributed by atoms with E-state index < -0.39 is 12.0 Å². The normalized spacial score (nSPS) is 21.3. The van der Waals surface area contributed by atoms with Gasteiger partial charge in [-0.3, -0.25) is 4.79 Å². The highest BCUT2D eigenvalue weighted by Gasteiger charge is 2.31. The van der Waals surface area contributed by atoms with E-state index in [1.807, 2.05) is 6.92 Å². The molecule has 2 N–H and O–H groups in total. The van der Waals surface area contributed by atoms with Gasteiger partial charge in [-0.25, -0.2) is 4.79 Å². The van der Waals surface area contributed by atoms with Crippen LogP contribution in [-0.4, -0.2) is 47.7 Å². The summed E-state index contributed by atoms with van der Waals surface area (Å²) in [4.78, 5) is 22.8. The SMILES string of the molecule is CCCSCC(=O)NC(C(=O)O)C1CCCOC1. The van der Waals surface area contributed by atoms with Crippen LogP contribution in [0.5, 0.6) is 0 Å². The topological polar surface area (TPSA) is 75.6 Å². The van der Waals surface area contributed by atoms with Crippen molar-refractivity contribution in [3.05, 3.63) is 0 Å². The number of carboxylic acid groups (broad SMARTS) is 1. The molecule has 0 radical (unpaired) electrons. The molecule has 5 nitrogen and oxygen atoms in total. The first-order chi connectivity index (χ1) is 8.65. The van der Waals surface area contributed by atoms with Gasteiger partial charge >= 0.3 is 5.97 Å². The molecule has 0 aromatic carbocycles. The third kappa shape index (κ3) is 5.27. The maximum absolute atomic E-state index is 11.6. The maximum Gasteiger partial charge on any atom is 0.326 e. The second-order valence-corrected chi connectivity index (χ2v) is 5.52. The monoisotopic (exact) mass is 275 g/mol. The van der Waals surface area contributed by atoms with E-state index in [1.54, 1.807) is 0 Å². The van der Waals surface area contributed by atoms with Gasteiger partial charge in [0.05, 0.1) is 12.4 Å². The van der Waals surface area contributed by atoms with Crippen molar-refractivity contribution in [1.82, 2.24) is 5.32 Å². The number of ether oxygens (including phenoxy) is 1. The molecule has 1 fully saturated rings. The Hall–Kier alpha value is -0.750. The Bertz CT molecular complexity index is 279. The van der Waals surface area contributed by atoms with Gasteiger partial charge in [0.2, 0.25) is 5.91 Å². The molecule has 1 amide bonds. The zero-order valence-electron chi connectivity index (χ0n) is 10.7. The summed E-state index contributed by atoms with van der Waals surface area (Å²) in [6.07, 6.45) is 2.66. The molecule has 2 unspecified atom stereocenters. The van der Waals surface area contributed by atoms with E-state index in [0.717, 1.165) is 25.0 Å². The van der Waals surface area contributed by atoms with E-state index in [-0.39, 0.29) is 11.8 Å². The van der Waals surface area contributed by atoms with Crippen molar-refractivity contribution in [3.8, 4) is 0 Å². The summed E-state index contributed by atoms with van der Waals surface area (Å²) in [6.45, 7) is 3.15. The molecule has 0 aromatic heterocycles. The quantitative estimate of drug-likeness (QED) is 0.681. The van der Waals surface area contributed by atoms with Gasteiger partial charge in [0, 0.05) is 12.5 Å². The lowest BCUT2D eigenvalue weighted by Gasteiger charge is -2.28. The van der Waals surface area contributed by atoms with Gasteiger partial charge < -0.3 is 15.2 Å². The Kier molecular flexibility index (Phi) is 7.12. The van der Waals surface area contributed by atoms with E-state index in [2.05, 4.69) is 5.32 Å². The second kappa shape index (κ2) is 8.37. The van der Waals surface area contributed by atoms with Crippen LogP contribution in [0.15, 0.2) is 0 Å². The Labute approximate surface area is 112 Å². The van der Waals surface area contributed by atoms with Crippen molar-refractivity contribution in [1.29, 1.82) is 0 Å². The van der Waals surface area contributed by atoms with E-state index >= 15 is 0 Å². The van der Waals surface area contributed by atoms with Crippen LogP contribution in [-0.2, 0) is 14.3 Å². The zero-order chi connectivity index (χ0) is 13.4. The summed E-state index contributed by atoms with van der Waals surface area (Å²) in [5, 5.41) is 11.8. The number of carbonyl (C=O) groups is 2. The third-order valence-corrected chi connectivity index (χ3v) is 3.99. The van der Waals surface area contributed by atoms with Gasteiger partial charge in [-0.05, 0) is 25.0 Å². The summed E-state index contributed by atoms with van der Waals surface area (Å²) in [5.41, 5.74) is 0. The largest absolute Gasteiger partial charge is 0.480 e. The van der Waals surface area contributed by atoms with Gasteiger partial charge in [0.15, 0.2) is 0 Å². The molecule has 104 valence electrons. The number of nitrogens with one attached hydrogen (secondary N) is 1. The van der Waals surface area contributed by atoms with E-state index in [4.69, 9.17) is 9.84 Å². The van der Waals surface area contributed by atoms with Crippen molar-refractivity contribution in [2.45, 2.75) is 32.2 Å². The molecule has 18 heavy (non-hydrogen) atoms. The first kappa shape index (κ1) is 15.3. The maximum atomic E-state index is 11.6. The molecule has 1 heterocycles. The van der Waals surface area contributed by atoms with Crippen LogP contribution in [0.3, 0.4) is 0 Å². The van der Waals surface area contributed by atoms with Crippen molar-refractivity contribution in [2.24, 2.45) is 5.92 Å². The number of hydrogen-bond donors (Lipinski definition) is 2. The summed E-state index contributed by atoms with van der Waals surface area (Å²) >= 11 is 1.53. The van der Waals surface area contributed by atoms with Crippen LogP contribution in [0, 0.1) is 5.92 Å². The van der Waals surface area contributed by atoms with Crippen molar-refractivity contribution < 1.29 is 19.4 Å². The zero-order valence-corrected chi connectivity index (χ0v) is 11.5.